The molecule has 0 atom stereocenters. The molecule has 2 rings (SSSR count). The molecule has 1 fully saturated rings. The zero-order valence-corrected chi connectivity index (χ0v) is 13.0. The molecule has 0 N–H and O–H groups in total. The number of halogens is 2. The van der Waals surface area contributed by atoms with Crippen molar-refractivity contribution in [2.45, 2.75) is 38.5 Å². The third-order valence-electron chi connectivity index (χ3n) is 3.99. The summed E-state index contributed by atoms with van der Waals surface area (Å²) < 4.78 is 1.17. The van der Waals surface area contributed by atoms with Gasteiger partial charge in [0.2, 0.25) is 0 Å². The highest BCUT2D eigenvalue weighted by atomic mass is 79.9. The zero-order chi connectivity index (χ0) is 12.8. The fourth-order valence-corrected chi connectivity index (χ4v) is 3.26. The van der Waals surface area contributed by atoms with Gasteiger partial charge in [-0.25, -0.2) is 0 Å². The van der Waals surface area contributed by atoms with Gasteiger partial charge in [0.1, 0.15) is 0 Å². The minimum atomic E-state index is 0.728. The van der Waals surface area contributed by atoms with Crippen molar-refractivity contribution >= 4 is 27.5 Å². The van der Waals surface area contributed by atoms with Crippen LogP contribution in [0.3, 0.4) is 0 Å². The lowest BCUT2D eigenvalue weighted by atomic mass is 9.79. The van der Waals surface area contributed by atoms with Crippen molar-refractivity contribution in [2.75, 3.05) is 0 Å². The van der Waals surface area contributed by atoms with E-state index in [1.807, 2.05) is 0 Å². The van der Waals surface area contributed by atoms with Crippen molar-refractivity contribution in [1.82, 2.24) is 0 Å². The first kappa shape index (κ1) is 14.1. The summed E-state index contributed by atoms with van der Waals surface area (Å²) in [6, 6.07) is 8.73. The lowest BCUT2D eigenvalue weighted by molar-refractivity contribution is 0.296. The Balaban J connectivity index is 1.73. The molecule has 0 unspecified atom stereocenters. The van der Waals surface area contributed by atoms with Crippen molar-refractivity contribution in [1.29, 1.82) is 0 Å². The highest BCUT2D eigenvalue weighted by Crippen LogP contribution is 2.32. The summed E-state index contributed by atoms with van der Waals surface area (Å²) in [5, 5.41) is 0. The van der Waals surface area contributed by atoms with Crippen molar-refractivity contribution in [3.63, 3.8) is 0 Å². The van der Waals surface area contributed by atoms with Gasteiger partial charge in [0.15, 0.2) is 0 Å². The van der Waals surface area contributed by atoms with E-state index < -0.39 is 0 Å². The topological polar surface area (TPSA) is 0 Å². The summed E-state index contributed by atoms with van der Waals surface area (Å²) in [6.45, 7) is 0. The van der Waals surface area contributed by atoms with Gasteiger partial charge in [0.05, 0.1) is 0 Å². The second-order valence-electron chi connectivity index (χ2n) is 5.26. The molecule has 0 radical (unpaired) electrons. The largest absolute Gasteiger partial charge is 0.0933 e. The first-order valence-electron chi connectivity index (χ1n) is 6.79. The van der Waals surface area contributed by atoms with Crippen LogP contribution in [0.4, 0.5) is 0 Å². The van der Waals surface area contributed by atoms with Gasteiger partial charge in [-0.15, -0.1) is 0 Å². The molecule has 0 nitrogen and oxygen atoms in total. The molecule has 0 heterocycles. The van der Waals surface area contributed by atoms with Gasteiger partial charge in [-0.05, 0) is 68.1 Å². The molecule has 0 spiro atoms. The smallest absolute Gasteiger partial charge is 0.0175 e. The molecule has 0 aliphatic heterocycles. The Labute approximate surface area is 124 Å². The molecule has 1 aliphatic rings. The molecular formula is C16H20BrCl. The highest BCUT2D eigenvalue weighted by molar-refractivity contribution is 9.10. The second-order valence-corrected chi connectivity index (χ2v) is 6.43. The van der Waals surface area contributed by atoms with Crippen molar-refractivity contribution in [3.05, 3.63) is 45.9 Å². The predicted octanol–water partition coefficient (Wildman–Crippen LogP) is 5.94. The number of hydrogen-bond acceptors (Lipinski definition) is 0. The standard InChI is InChI=1S/C16H20BrCl/c17-16-9-7-14(8-10-16)2-1-13-3-5-15(6-4-13)11-12-18/h7-13,15H,1-6H2/b12-11+/t13-,15-. The quantitative estimate of drug-likeness (QED) is 0.642. The van der Waals surface area contributed by atoms with Crippen LogP contribution in [0, 0.1) is 11.8 Å². The van der Waals surface area contributed by atoms with E-state index in [9.17, 15) is 0 Å². The number of aryl methyl sites for hydroxylation is 1. The minimum Gasteiger partial charge on any atom is -0.0933 e. The average Bonchev–Trinajstić information content (AvgIpc) is 2.40. The highest BCUT2D eigenvalue weighted by Gasteiger charge is 2.19. The van der Waals surface area contributed by atoms with E-state index in [4.69, 9.17) is 11.6 Å². The Hall–Kier alpha value is -0.270. The Kier molecular flexibility index (Phi) is 5.78. The number of benzene rings is 1. The predicted molar refractivity (Wildman–Crippen MR) is 82.9 cm³/mol. The SMILES string of the molecule is Cl/C=C/[C@H]1CC[C@H](CCc2ccc(Br)cc2)CC1. The summed E-state index contributed by atoms with van der Waals surface area (Å²) in [6.07, 6.45) is 10.1. The molecule has 2 heteroatoms. The average molecular weight is 328 g/mol. The first-order chi connectivity index (χ1) is 8.78. The minimum absolute atomic E-state index is 0.728. The number of rotatable bonds is 4. The summed E-state index contributed by atoms with van der Waals surface area (Å²) in [7, 11) is 0. The summed E-state index contributed by atoms with van der Waals surface area (Å²) >= 11 is 9.12. The van der Waals surface area contributed by atoms with Crippen LogP contribution in [0.5, 0.6) is 0 Å². The molecule has 98 valence electrons. The van der Waals surface area contributed by atoms with Gasteiger partial charge in [-0.1, -0.05) is 45.7 Å². The number of allylic oxidation sites excluding steroid dienone is 1. The number of hydrogen-bond donors (Lipinski definition) is 0. The molecule has 0 aromatic heterocycles. The maximum Gasteiger partial charge on any atom is 0.0175 e. The Morgan fingerprint density at radius 1 is 1.11 bits per heavy atom. The van der Waals surface area contributed by atoms with Crippen LogP contribution < -0.4 is 0 Å². The lowest BCUT2D eigenvalue weighted by Crippen LogP contribution is -2.13. The fraction of sp³-hybridized carbons (Fsp3) is 0.500. The van der Waals surface area contributed by atoms with Crippen LogP contribution in [-0.4, -0.2) is 0 Å². The maximum absolute atomic E-state index is 5.64. The van der Waals surface area contributed by atoms with Crippen molar-refractivity contribution in [2.24, 2.45) is 11.8 Å². The van der Waals surface area contributed by atoms with Gasteiger partial charge in [-0.3, -0.25) is 0 Å². The van der Waals surface area contributed by atoms with Gasteiger partial charge < -0.3 is 0 Å². The van der Waals surface area contributed by atoms with E-state index in [1.165, 1.54) is 48.6 Å². The first-order valence-corrected chi connectivity index (χ1v) is 8.02. The fourth-order valence-electron chi connectivity index (χ4n) is 2.79. The normalized spacial score (nSPS) is 24.6. The monoisotopic (exact) mass is 326 g/mol. The second kappa shape index (κ2) is 7.35. The Morgan fingerprint density at radius 2 is 1.78 bits per heavy atom. The van der Waals surface area contributed by atoms with E-state index >= 15 is 0 Å². The van der Waals surface area contributed by atoms with Crippen LogP contribution in [0.25, 0.3) is 0 Å². The van der Waals surface area contributed by atoms with Gasteiger partial charge in [-0.2, -0.15) is 0 Å². The van der Waals surface area contributed by atoms with E-state index in [2.05, 4.69) is 46.3 Å². The van der Waals surface area contributed by atoms with Crippen LogP contribution in [-0.2, 0) is 6.42 Å². The molecule has 1 aromatic carbocycles. The van der Waals surface area contributed by atoms with Crippen LogP contribution in [0.2, 0.25) is 0 Å². The molecule has 1 aromatic rings. The van der Waals surface area contributed by atoms with Crippen molar-refractivity contribution < 1.29 is 0 Å². The van der Waals surface area contributed by atoms with Crippen LogP contribution in [0.15, 0.2) is 40.3 Å². The van der Waals surface area contributed by atoms with E-state index in [1.54, 1.807) is 5.54 Å². The van der Waals surface area contributed by atoms with Crippen LogP contribution in [0.1, 0.15) is 37.7 Å². The molecule has 18 heavy (non-hydrogen) atoms. The zero-order valence-electron chi connectivity index (χ0n) is 10.6. The van der Waals surface area contributed by atoms with Gasteiger partial charge in [0.25, 0.3) is 0 Å². The van der Waals surface area contributed by atoms with E-state index in [0.29, 0.717) is 0 Å². The lowest BCUT2D eigenvalue weighted by Gasteiger charge is -2.26. The summed E-state index contributed by atoms with van der Waals surface area (Å²) in [4.78, 5) is 0. The van der Waals surface area contributed by atoms with Crippen molar-refractivity contribution in [3.8, 4) is 0 Å². The Bertz CT molecular complexity index is 375. The third-order valence-corrected chi connectivity index (χ3v) is 4.66. The van der Waals surface area contributed by atoms with Crippen LogP contribution >= 0.6 is 27.5 Å². The van der Waals surface area contributed by atoms with E-state index in [0.717, 1.165) is 11.8 Å². The molecule has 1 saturated carbocycles. The summed E-state index contributed by atoms with van der Waals surface area (Å²) in [5.41, 5.74) is 3.15. The molecule has 0 amide bonds. The molecular weight excluding hydrogens is 308 g/mol. The maximum atomic E-state index is 5.64. The van der Waals surface area contributed by atoms with Gasteiger partial charge >= 0.3 is 0 Å². The summed E-state index contributed by atoms with van der Waals surface area (Å²) in [5.74, 6) is 1.64. The molecule has 0 bridgehead atoms. The third kappa shape index (κ3) is 4.44. The molecule has 1 aliphatic carbocycles. The Morgan fingerprint density at radius 3 is 2.39 bits per heavy atom. The molecule has 0 saturated heterocycles. The van der Waals surface area contributed by atoms with E-state index in [-0.39, 0.29) is 0 Å². The van der Waals surface area contributed by atoms with Gasteiger partial charge in [0, 0.05) is 10.0 Å².